The molecule has 2 saturated carbocycles. The third-order valence-corrected chi connectivity index (χ3v) is 9.38. The lowest BCUT2D eigenvalue weighted by Crippen LogP contribution is -3.05. The Balaban J connectivity index is 1.59. The number of carbonyl (C=O) groups is 1. The molecule has 1 aliphatic heterocycles. The van der Waals surface area contributed by atoms with Crippen molar-refractivity contribution in [3.8, 4) is 0 Å². The van der Waals surface area contributed by atoms with Crippen LogP contribution in [0.25, 0.3) is 0 Å². The van der Waals surface area contributed by atoms with Crippen LogP contribution in [0.5, 0.6) is 0 Å². The summed E-state index contributed by atoms with van der Waals surface area (Å²) in [6.45, 7) is 13.8. The van der Waals surface area contributed by atoms with E-state index in [1.807, 2.05) is 0 Å². The van der Waals surface area contributed by atoms with E-state index in [1.165, 1.54) is 0 Å². The van der Waals surface area contributed by atoms with E-state index in [0.29, 0.717) is 24.8 Å². The third-order valence-electron chi connectivity index (χ3n) is 7.86. The Morgan fingerprint density at radius 2 is 1.67 bits per heavy atom. The quantitative estimate of drug-likeness (QED) is 0.719. The lowest BCUT2D eigenvalue weighted by molar-refractivity contribution is -0.789. The number of Topliss-reactive ketones (excluding diaryl/α,β-unsaturated/α-hetero) is 1. The molecular weight excluding hydrogens is 360 g/mol. The van der Waals surface area contributed by atoms with Crippen LogP contribution in [0.15, 0.2) is 0 Å². The minimum atomic E-state index is -3.45. The predicted octanol–water partition coefficient (Wildman–Crippen LogP) is 2.22. The highest BCUT2D eigenvalue weighted by Crippen LogP contribution is 2.64. The molecule has 6 heteroatoms. The van der Waals surface area contributed by atoms with Crippen molar-refractivity contribution in [1.82, 2.24) is 4.72 Å². The molecule has 0 spiro atoms. The topological polar surface area (TPSA) is 79.8 Å². The summed E-state index contributed by atoms with van der Waals surface area (Å²) in [5, 5.41) is 2.45. The molecule has 3 rings (SSSR count). The van der Waals surface area contributed by atoms with Gasteiger partial charge < -0.3 is 5.32 Å². The smallest absolute Gasteiger partial charge is 0.212 e. The second kappa shape index (κ2) is 6.53. The van der Waals surface area contributed by atoms with Gasteiger partial charge >= 0.3 is 0 Å². The van der Waals surface area contributed by atoms with Crippen LogP contribution >= 0.6 is 0 Å². The van der Waals surface area contributed by atoms with Crippen molar-refractivity contribution in [3.05, 3.63) is 0 Å². The SMILES string of the molecule is CC1(C)CC(CCNS(=O)(=O)C[C@]23CC[C@H](CC2=O)C3(C)C)CC(C)(C)[NH2+]1. The Labute approximate surface area is 165 Å². The number of nitrogens with one attached hydrogen (secondary N) is 1. The Kier molecular flexibility index (Phi) is 5.14. The van der Waals surface area contributed by atoms with Gasteiger partial charge in [-0.1, -0.05) is 13.8 Å². The van der Waals surface area contributed by atoms with Gasteiger partial charge in [-0.15, -0.1) is 0 Å². The van der Waals surface area contributed by atoms with Gasteiger partial charge in [-0.05, 0) is 64.2 Å². The predicted molar refractivity (Wildman–Crippen MR) is 108 cm³/mol. The fourth-order valence-corrected chi connectivity index (χ4v) is 8.70. The summed E-state index contributed by atoms with van der Waals surface area (Å²) in [6.07, 6.45) is 5.35. The van der Waals surface area contributed by atoms with Crippen molar-refractivity contribution in [1.29, 1.82) is 0 Å². The number of fused-ring (bicyclic) bond motifs is 2. The van der Waals surface area contributed by atoms with Gasteiger partial charge in [-0.25, -0.2) is 13.1 Å². The van der Waals surface area contributed by atoms with E-state index in [9.17, 15) is 13.2 Å². The summed E-state index contributed by atoms with van der Waals surface area (Å²) in [4.78, 5) is 12.6. The van der Waals surface area contributed by atoms with E-state index in [1.54, 1.807) is 0 Å². The number of piperidine rings is 1. The highest BCUT2D eigenvalue weighted by atomic mass is 32.2. The zero-order valence-electron chi connectivity index (χ0n) is 18.0. The van der Waals surface area contributed by atoms with Gasteiger partial charge in [0.05, 0.1) is 16.8 Å². The van der Waals surface area contributed by atoms with Crippen LogP contribution in [0.1, 0.15) is 80.1 Å². The lowest BCUT2D eigenvalue weighted by atomic mass is 9.70. The summed E-state index contributed by atoms with van der Waals surface area (Å²) in [5.41, 5.74) is -0.480. The average molecular weight is 400 g/mol. The van der Waals surface area contributed by atoms with Gasteiger partial charge in [0.15, 0.2) is 0 Å². The van der Waals surface area contributed by atoms with E-state index < -0.39 is 15.4 Å². The Hall–Kier alpha value is -0.460. The summed E-state index contributed by atoms with van der Waals surface area (Å²) < 4.78 is 28.5. The highest BCUT2D eigenvalue weighted by Gasteiger charge is 2.65. The van der Waals surface area contributed by atoms with Crippen molar-refractivity contribution in [3.63, 3.8) is 0 Å². The number of carbonyl (C=O) groups excluding carboxylic acids is 1. The first-order chi connectivity index (χ1) is 12.2. The highest BCUT2D eigenvalue weighted by molar-refractivity contribution is 7.89. The lowest BCUT2D eigenvalue weighted by Gasteiger charge is -2.43. The molecule has 1 saturated heterocycles. The van der Waals surface area contributed by atoms with Crippen LogP contribution in [-0.2, 0) is 14.8 Å². The maximum absolute atomic E-state index is 12.8. The fraction of sp³-hybridized carbons (Fsp3) is 0.952. The Morgan fingerprint density at radius 1 is 1.07 bits per heavy atom. The van der Waals surface area contributed by atoms with Gasteiger partial charge in [0.2, 0.25) is 10.0 Å². The van der Waals surface area contributed by atoms with Gasteiger partial charge in [0, 0.05) is 31.2 Å². The zero-order chi connectivity index (χ0) is 20.3. The monoisotopic (exact) mass is 399 g/mol. The fourth-order valence-electron chi connectivity index (χ4n) is 6.84. The van der Waals surface area contributed by atoms with E-state index in [-0.39, 0.29) is 28.0 Å². The summed E-state index contributed by atoms with van der Waals surface area (Å²) in [7, 11) is -3.45. The molecule has 3 N–H and O–H groups in total. The molecule has 156 valence electrons. The molecule has 3 fully saturated rings. The standard InChI is InChI=1S/C21H38N2O3S/c1-18(2)12-15(13-19(3,4)23-18)8-10-22-27(25,26)14-21-9-7-16(11-17(21)24)20(21,5)6/h15-16,22-23H,7-14H2,1-6H3/p+1/t16-,21-/m1/s1. The molecule has 1 heterocycles. The number of ketones is 1. The van der Waals surface area contributed by atoms with Gasteiger partial charge in [-0.3, -0.25) is 4.79 Å². The third kappa shape index (κ3) is 3.99. The molecule has 2 bridgehead atoms. The van der Waals surface area contributed by atoms with Crippen molar-refractivity contribution in [2.75, 3.05) is 12.3 Å². The molecule has 5 nitrogen and oxygen atoms in total. The molecular formula is C21H39N2O3S+. The minimum absolute atomic E-state index is 0.0300. The van der Waals surface area contributed by atoms with E-state index in [4.69, 9.17) is 0 Å². The number of quaternary nitrogens is 1. The van der Waals surface area contributed by atoms with Crippen molar-refractivity contribution >= 4 is 15.8 Å². The average Bonchev–Trinajstić information content (AvgIpc) is 2.77. The summed E-state index contributed by atoms with van der Waals surface area (Å²) >= 11 is 0. The maximum Gasteiger partial charge on any atom is 0.212 e. The van der Waals surface area contributed by atoms with Crippen LogP contribution in [0.4, 0.5) is 0 Å². The van der Waals surface area contributed by atoms with Crippen LogP contribution < -0.4 is 10.0 Å². The first-order valence-corrected chi connectivity index (χ1v) is 12.2. The number of sulfonamides is 1. The molecule has 0 radical (unpaired) electrons. The van der Waals surface area contributed by atoms with Crippen LogP contribution in [0.2, 0.25) is 0 Å². The molecule has 3 aliphatic rings. The normalized spacial score (nSPS) is 34.9. The van der Waals surface area contributed by atoms with E-state index in [0.717, 1.165) is 32.1 Å². The van der Waals surface area contributed by atoms with Gasteiger partial charge in [-0.2, -0.15) is 0 Å². The molecule has 0 amide bonds. The Morgan fingerprint density at radius 3 is 2.15 bits per heavy atom. The number of nitrogens with two attached hydrogens (primary N) is 1. The molecule has 0 aromatic carbocycles. The van der Waals surface area contributed by atoms with E-state index >= 15 is 0 Å². The minimum Gasteiger partial charge on any atom is -0.337 e. The maximum atomic E-state index is 12.8. The van der Waals surface area contributed by atoms with E-state index in [2.05, 4.69) is 51.6 Å². The largest absolute Gasteiger partial charge is 0.337 e. The first-order valence-electron chi connectivity index (χ1n) is 10.6. The molecule has 27 heavy (non-hydrogen) atoms. The van der Waals surface area contributed by atoms with Crippen LogP contribution in [-0.4, -0.2) is 37.6 Å². The second-order valence-electron chi connectivity index (χ2n) is 11.5. The molecule has 0 unspecified atom stereocenters. The van der Waals surface area contributed by atoms with Crippen LogP contribution in [0, 0.1) is 22.7 Å². The molecule has 2 aliphatic carbocycles. The number of hydrogen-bond acceptors (Lipinski definition) is 3. The van der Waals surface area contributed by atoms with Gasteiger partial charge in [0.25, 0.3) is 0 Å². The molecule has 2 atom stereocenters. The molecule has 0 aromatic rings. The Bertz CT molecular complexity index is 695. The number of hydrogen-bond donors (Lipinski definition) is 2. The summed E-state index contributed by atoms with van der Waals surface area (Å²) in [6, 6.07) is 0. The van der Waals surface area contributed by atoms with Crippen molar-refractivity contribution < 1.29 is 18.5 Å². The second-order valence-corrected chi connectivity index (χ2v) is 13.3. The molecule has 0 aromatic heterocycles. The van der Waals surface area contributed by atoms with Crippen molar-refractivity contribution in [2.45, 2.75) is 91.1 Å². The van der Waals surface area contributed by atoms with Crippen molar-refractivity contribution in [2.24, 2.45) is 22.7 Å². The number of rotatable bonds is 6. The summed E-state index contributed by atoms with van der Waals surface area (Å²) in [5.74, 6) is 1.02. The van der Waals surface area contributed by atoms with Gasteiger partial charge in [0.1, 0.15) is 5.78 Å². The first kappa shape index (κ1) is 21.3. The zero-order valence-corrected chi connectivity index (χ0v) is 18.8. The van der Waals surface area contributed by atoms with Crippen LogP contribution in [0.3, 0.4) is 0 Å².